The van der Waals surface area contributed by atoms with E-state index in [1.54, 1.807) is 19.2 Å². The lowest BCUT2D eigenvalue weighted by atomic mass is 9.72. The van der Waals surface area contributed by atoms with Gasteiger partial charge in [0.25, 0.3) is 0 Å². The Morgan fingerprint density at radius 2 is 1.75 bits per heavy atom. The first kappa shape index (κ1) is 34.1. The molecule has 4 unspecified atom stereocenters. The molecule has 5 N–H and O–H groups in total. The third kappa shape index (κ3) is 6.38. The van der Waals surface area contributed by atoms with Crippen LogP contribution in [-0.4, -0.2) is 59.0 Å². The van der Waals surface area contributed by atoms with Crippen LogP contribution in [0.3, 0.4) is 0 Å². The van der Waals surface area contributed by atoms with Gasteiger partial charge in [-0.25, -0.2) is 0 Å². The van der Waals surface area contributed by atoms with Crippen LogP contribution < -0.4 is 19.5 Å². The van der Waals surface area contributed by atoms with Crippen LogP contribution in [0.1, 0.15) is 83.9 Å². The summed E-state index contributed by atoms with van der Waals surface area (Å²) >= 11 is 0. The Hall–Kier alpha value is -4.70. The molecule has 0 saturated heterocycles. The molecule has 4 atom stereocenters. The molecular formula is C44H48N2O7. The van der Waals surface area contributed by atoms with Gasteiger partial charge in [-0.2, -0.15) is 0 Å². The minimum Gasteiger partial charge on any atom is -0.508 e. The van der Waals surface area contributed by atoms with Crippen molar-refractivity contribution in [1.29, 1.82) is 0 Å². The maximum Gasteiger partial charge on any atom is 0.160 e. The van der Waals surface area contributed by atoms with Crippen molar-refractivity contribution >= 4 is 10.9 Å². The van der Waals surface area contributed by atoms with Crippen LogP contribution in [0, 0.1) is 0 Å². The highest BCUT2D eigenvalue weighted by Gasteiger charge is 2.42. The SMILES string of the molecule is COc1cc(C2Oc3c(c4c(c5c3CCC(CO)O5)-c3ccc(O)cc3C(Cc3ccc5[nH]ccc5c3)C4)CC2OCNC2CCCCC2)ccc1O. The number of aromatic nitrogens is 1. The number of methoxy groups -OCH3 is 1. The molecule has 9 heteroatoms. The standard InChI is InChI=1S/C44H48N2O7/c1-50-39-20-27(8-14-38(39)49)42-40(51-24-46-29-5-3-2-4-6-29)22-36-35-19-28(18-25-7-13-37-26(17-25)15-16-45-37)34-21-30(48)9-11-32(34)41(35)44-33(43(36)53-42)12-10-31(23-47)52-44/h7-9,11,13-17,20-21,28-29,31,40,42,45-49H,2-6,10,12,18-19,22-24H2,1H3. The number of hydrogen-bond donors (Lipinski definition) is 5. The van der Waals surface area contributed by atoms with Gasteiger partial charge in [0, 0.05) is 40.9 Å². The number of aromatic hydroxyl groups is 2. The maximum absolute atomic E-state index is 10.8. The summed E-state index contributed by atoms with van der Waals surface area (Å²) in [5, 5.41) is 36.4. The summed E-state index contributed by atoms with van der Waals surface area (Å²) in [5.41, 5.74) is 9.72. The highest BCUT2D eigenvalue weighted by atomic mass is 16.6. The van der Waals surface area contributed by atoms with Gasteiger partial charge < -0.3 is 39.3 Å². The molecule has 0 amide bonds. The molecule has 4 aliphatic rings. The summed E-state index contributed by atoms with van der Waals surface area (Å²) in [4.78, 5) is 3.31. The third-order valence-electron chi connectivity index (χ3n) is 12.0. The fraction of sp³-hybridized carbons (Fsp3) is 0.409. The molecule has 1 aromatic heterocycles. The number of nitrogens with one attached hydrogen (secondary N) is 2. The lowest BCUT2D eigenvalue weighted by Gasteiger charge is -2.41. The van der Waals surface area contributed by atoms with E-state index < -0.39 is 6.10 Å². The second kappa shape index (κ2) is 14.3. The van der Waals surface area contributed by atoms with Crippen molar-refractivity contribution in [3.8, 4) is 39.9 Å². The van der Waals surface area contributed by atoms with Crippen LogP contribution in [0.5, 0.6) is 28.7 Å². The van der Waals surface area contributed by atoms with Gasteiger partial charge in [-0.05, 0) is 120 Å². The summed E-state index contributed by atoms with van der Waals surface area (Å²) in [6.07, 6.45) is 10.5. The number of rotatable bonds is 9. The van der Waals surface area contributed by atoms with Gasteiger partial charge in [0.05, 0.1) is 20.4 Å². The van der Waals surface area contributed by atoms with Gasteiger partial charge in [0.1, 0.15) is 29.5 Å². The molecule has 1 saturated carbocycles. The van der Waals surface area contributed by atoms with Crippen LogP contribution in [0.4, 0.5) is 0 Å². The molecule has 9 nitrogen and oxygen atoms in total. The number of fused-ring (bicyclic) bond motifs is 9. The average molecular weight is 717 g/mol. The lowest BCUT2D eigenvalue weighted by molar-refractivity contribution is -0.0486. The van der Waals surface area contributed by atoms with Crippen molar-refractivity contribution in [2.75, 3.05) is 20.4 Å². The smallest absolute Gasteiger partial charge is 0.160 e. The van der Waals surface area contributed by atoms with Crippen LogP contribution in [0.2, 0.25) is 0 Å². The molecule has 3 heterocycles. The Bertz CT molecular complexity index is 2140. The maximum atomic E-state index is 10.8. The van der Waals surface area contributed by atoms with E-state index in [1.807, 2.05) is 30.5 Å². The molecule has 0 spiro atoms. The van der Waals surface area contributed by atoms with Gasteiger partial charge in [0.2, 0.25) is 0 Å². The predicted octanol–water partition coefficient (Wildman–Crippen LogP) is 7.76. The van der Waals surface area contributed by atoms with Crippen molar-refractivity contribution in [1.82, 2.24) is 10.3 Å². The zero-order chi connectivity index (χ0) is 36.1. The van der Waals surface area contributed by atoms with Gasteiger partial charge >= 0.3 is 0 Å². The number of phenols is 2. The molecule has 1 fully saturated rings. The Morgan fingerprint density at radius 1 is 0.868 bits per heavy atom. The van der Waals surface area contributed by atoms with Gasteiger partial charge in [-0.15, -0.1) is 0 Å². The molecule has 0 bridgehead atoms. The first-order valence-corrected chi connectivity index (χ1v) is 19.2. The Balaban J connectivity index is 1.16. The van der Waals surface area contributed by atoms with Crippen molar-refractivity contribution in [2.45, 2.75) is 94.5 Å². The minimum atomic E-state index is -0.459. The van der Waals surface area contributed by atoms with Gasteiger partial charge in [-0.3, -0.25) is 5.32 Å². The highest BCUT2D eigenvalue weighted by Crippen LogP contribution is 2.56. The Morgan fingerprint density at radius 3 is 2.60 bits per heavy atom. The lowest BCUT2D eigenvalue weighted by Crippen LogP contribution is -2.40. The quantitative estimate of drug-likeness (QED) is 0.0981. The monoisotopic (exact) mass is 716 g/mol. The molecule has 5 aromatic rings. The van der Waals surface area contributed by atoms with Crippen molar-refractivity contribution < 1.29 is 34.3 Å². The second-order valence-corrected chi connectivity index (χ2v) is 15.3. The van der Waals surface area contributed by atoms with E-state index in [2.05, 4.69) is 34.6 Å². The van der Waals surface area contributed by atoms with E-state index in [-0.39, 0.29) is 36.2 Å². The summed E-state index contributed by atoms with van der Waals surface area (Å²) in [7, 11) is 1.56. The molecule has 2 aliphatic heterocycles. The van der Waals surface area contributed by atoms with Gasteiger partial charge in [-0.1, -0.05) is 37.5 Å². The Labute approximate surface area is 309 Å². The van der Waals surface area contributed by atoms with E-state index in [9.17, 15) is 15.3 Å². The zero-order valence-electron chi connectivity index (χ0n) is 30.2. The highest BCUT2D eigenvalue weighted by molar-refractivity contribution is 5.85. The largest absolute Gasteiger partial charge is 0.508 e. The first-order valence-electron chi connectivity index (χ1n) is 19.2. The molecule has 2 aliphatic carbocycles. The van der Waals surface area contributed by atoms with Crippen LogP contribution in [-0.2, 0) is 30.4 Å². The zero-order valence-corrected chi connectivity index (χ0v) is 30.2. The molecular weight excluding hydrogens is 668 g/mol. The molecule has 4 aromatic carbocycles. The van der Waals surface area contributed by atoms with E-state index in [0.717, 1.165) is 76.1 Å². The minimum absolute atomic E-state index is 0.0708. The molecule has 53 heavy (non-hydrogen) atoms. The first-order chi connectivity index (χ1) is 26.0. The third-order valence-corrected chi connectivity index (χ3v) is 12.0. The topological polar surface area (TPSA) is 125 Å². The van der Waals surface area contributed by atoms with E-state index in [1.165, 1.54) is 35.8 Å². The Kier molecular flexibility index (Phi) is 9.18. The number of phenolic OH excluding ortho intramolecular Hbond substituents is 2. The van der Waals surface area contributed by atoms with Crippen LogP contribution >= 0.6 is 0 Å². The van der Waals surface area contributed by atoms with E-state index >= 15 is 0 Å². The number of hydrogen-bond acceptors (Lipinski definition) is 8. The molecule has 9 rings (SSSR count). The number of ether oxygens (including phenoxy) is 4. The van der Waals surface area contributed by atoms with E-state index in [4.69, 9.17) is 18.9 Å². The van der Waals surface area contributed by atoms with Crippen molar-refractivity contribution in [2.24, 2.45) is 0 Å². The number of aliphatic hydroxyl groups excluding tert-OH is 1. The summed E-state index contributed by atoms with van der Waals surface area (Å²) in [6, 6.07) is 20.2. The summed E-state index contributed by atoms with van der Waals surface area (Å²) in [5.74, 6) is 2.40. The number of H-pyrrole nitrogens is 1. The summed E-state index contributed by atoms with van der Waals surface area (Å²) in [6.45, 7) is 0.346. The van der Waals surface area contributed by atoms with Crippen LogP contribution in [0.25, 0.3) is 22.0 Å². The van der Waals surface area contributed by atoms with Crippen molar-refractivity contribution in [3.05, 3.63) is 100 Å². The summed E-state index contributed by atoms with van der Waals surface area (Å²) < 4.78 is 26.2. The van der Waals surface area contributed by atoms with Gasteiger partial charge in [0.15, 0.2) is 17.6 Å². The predicted molar refractivity (Wildman–Crippen MR) is 203 cm³/mol. The molecule has 276 valence electrons. The van der Waals surface area contributed by atoms with Crippen LogP contribution in [0.15, 0.2) is 66.9 Å². The van der Waals surface area contributed by atoms with Crippen molar-refractivity contribution in [3.63, 3.8) is 0 Å². The fourth-order valence-electron chi connectivity index (χ4n) is 9.31. The number of benzene rings is 4. The second-order valence-electron chi connectivity index (χ2n) is 15.3. The number of aromatic amines is 1. The van der Waals surface area contributed by atoms with E-state index in [0.29, 0.717) is 37.8 Å². The number of aliphatic hydroxyl groups is 1. The fourth-order valence-corrected chi connectivity index (χ4v) is 9.31. The molecule has 0 radical (unpaired) electrons. The average Bonchev–Trinajstić information content (AvgIpc) is 3.66. The normalized spacial score (nSPS) is 22.2.